The molecule has 0 aromatic carbocycles. The molecule has 0 bridgehead atoms. The first-order chi connectivity index (χ1) is 45.1. The van der Waals surface area contributed by atoms with Gasteiger partial charge < -0.3 is 33.8 Å². The second-order valence-electron chi connectivity index (χ2n) is 28.9. The summed E-state index contributed by atoms with van der Waals surface area (Å²) in [4.78, 5) is 72.7. The van der Waals surface area contributed by atoms with Crippen LogP contribution in [0.15, 0.2) is 0 Å². The number of ether oxygens (including phenoxy) is 4. The van der Waals surface area contributed by atoms with Gasteiger partial charge in [-0.15, -0.1) is 0 Å². The standard InChI is InChI=1S/C75H146O17P2/c1-65(2)51-43-35-27-21-17-13-10-9-11-15-19-23-31-41-49-57-74(79)91-70(61-85-72(77)55-47-39-33-25-29-37-45-53-67(5)6)63-89-93(81,82)87-59-69(76)60-88-94(83,84)90-64-71(62-86-73(78)56-48-40-34-26-30-38-46-54-68(7)8)92-75(80)58-50-42-32-24-20-16-12-14-18-22-28-36-44-52-66(3)4/h65-71,76H,9-64H2,1-8H3,(H,81,82)(H,83,84)/t69?,70-,71-/m1/s1. The van der Waals surface area contributed by atoms with Crippen molar-refractivity contribution in [2.24, 2.45) is 23.7 Å². The van der Waals surface area contributed by atoms with Gasteiger partial charge >= 0.3 is 39.5 Å². The van der Waals surface area contributed by atoms with E-state index in [4.69, 9.17) is 37.0 Å². The van der Waals surface area contributed by atoms with Crippen molar-refractivity contribution in [1.29, 1.82) is 0 Å². The number of rotatable bonds is 72. The molecule has 558 valence electrons. The van der Waals surface area contributed by atoms with E-state index in [1.165, 1.54) is 167 Å². The lowest BCUT2D eigenvalue weighted by Gasteiger charge is -2.21. The van der Waals surface area contributed by atoms with Gasteiger partial charge in [-0.1, -0.05) is 325 Å². The molecule has 0 saturated carbocycles. The Morgan fingerprint density at radius 2 is 0.447 bits per heavy atom. The first-order valence-corrected chi connectivity index (χ1v) is 41.7. The number of carbonyl (C=O) groups excluding carboxylic acids is 4. The highest BCUT2D eigenvalue weighted by Gasteiger charge is 2.30. The summed E-state index contributed by atoms with van der Waals surface area (Å²) < 4.78 is 68.4. The minimum Gasteiger partial charge on any atom is -0.462 e. The lowest BCUT2D eigenvalue weighted by atomic mass is 10.0. The minimum atomic E-state index is -4.96. The third kappa shape index (κ3) is 68.6. The summed E-state index contributed by atoms with van der Waals surface area (Å²) in [6.45, 7) is 14.1. The quantitative estimate of drug-likeness (QED) is 0.0222. The van der Waals surface area contributed by atoms with E-state index in [1.54, 1.807) is 0 Å². The molecule has 5 atom stereocenters. The molecule has 19 heteroatoms. The molecular formula is C75H146O17P2. The van der Waals surface area contributed by atoms with Gasteiger partial charge in [0.15, 0.2) is 12.2 Å². The Morgan fingerprint density at radius 1 is 0.266 bits per heavy atom. The highest BCUT2D eigenvalue weighted by molar-refractivity contribution is 7.47. The number of esters is 4. The maximum Gasteiger partial charge on any atom is 0.472 e. The van der Waals surface area contributed by atoms with Gasteiger partial charge in [0.1, 0.15) is 19.3 Å². The van der Waals surface area contributed by atoms with Gasteiger partial charge in [0.25, 0.3) is 0 Å². The summed E-state index contributed by atoms with van der Waals surface area (Å²) >= 11 is 0. The molecule has 17 nitrogen and oxygen atoms in total. The van der Waals surface area contributed by atoms with Crippen LogP contribution in [0.5, 0.6) is 0 Å². The van der Waals surface area contributed by atoms with Crippen molar-refractivity contribution in [2.45, 2.75) is 395 Å². The summed E-state index contributed by atoms with van der Waals surface area (Å²) in [5, 5.41) is 10.6. The molecule has 0 amide bonds. The summed E-state index contributed by atoms with van der Waals surface area (Å²) in [6, 6.07) is 0. The third-order valence-electron chi connectivity index (χ3n) is 17.3. The van der Waals surface area contributed by atoms with Crippen molar-refractivity contribution < 1.29 is 80.2 Å². The predicted molar refractivity (Wildman–Crippen MR) is 381 cm³/mol. The average molecular weight is 1380 g/mol. The van der Waals surface area contributed by atoms with E-state index >= 15 is 0 Å². The van der Waals surface area contributed by atoms with Gasteiger partial charge in [-0.3, -0.25) is 37.3 Å². The van der Waals surface area contributed by atoms with E-state index in [0.717, 1.165) is 115 Å². The minimum absolute atomic E-state index is 0.106. The smallest absolute Gasteiger partial charge is 0.462 e. The highest BCUT2D eigenvalue weighted by Crippen LogP contribution is 2.45. The van der Waals surface area contributed by atoms with Crippen molar-refractivity contribution in [3.63, 3.8) is 0 Å². The number of aliphatic hydroxyl groups is 1. The second-order valence-corrected chi connectivity index (χ2v) is 31.9. The Bertz CT molecular complexity index is 1850. The van der Waals surface area contributed by atoms with Crippen molar-refractivity contribution in [3.8, 4) is 0 Å². The summed E-state index contributed by atoms with van der Waals surface area (Å²) in [5.41, 5.74) is 0. The Labute approximate surface area is 575 Å². The maximum absolute atomic E-state index is 13.1. The lowest BCUT2D eigenvalue weighted by Crippen LogP contribution is -2.30. The van der Waals surface area contributed by atoms with E-state index in [2.05, 4.69) is 55.4 Å². The SMILES string of the molecule is CC(C)CCCCCCCCCCCCCCCCCC(=O)O[C@H](COC(=O)CCCCCCCCCC(C)C)COP(=O)(O)OCC(O)COP(=O)(O)OC[C@@H](COC(=O)CCCCCCCCCC(C)C)OC(=O)CCCCCCCCCCCCCCCC(C)C. The van der Waals surface area contributed by atoms with Crippen LogP contribution >= 0.6 is 15.6 Å². The molecule has 0 saturated heterocycles. The number of unbranched alkanes of at least 4 members (excludes halogenated alkanes) is 38. The Balaban J connectivity index is 5.21. The van der Waals surface area contributed by atoms with E-state index < -0.39 is 97.5 Å². The van der Waals surface area contributed by atoms with E-state index in [-0.39, 0.29) is 25.7 Å². The van der Waals surface area contributed by atoms with Crippen LogP contribution in [0.3, 0.4) is 0 Å². The zero-order chi connectivity index (χ0) is 69.6. The van der Waals surface area contributed by atoms with E-state index in [0.29, 0.717) is 37.5 Å². The van der Waals surface area contributed by atoms with Crippen LogP contribution in [-0.2, 0) is 65.4 Å². The largest absolute Gasteiger partial charge is 0.472 e. The van der Waals surface area contributed by atoms with Crippen LogP contribution in [0.4, 0.5) is 0 Å². The molecule has 0 aromatic heterocycles. The van der Waals surface area contributed by atoms with Gasteiger partial charge in [-0.2, -0.15) is 0 Å². The molecule has 0 spiro atoms. The Morgan fingerprint density at radius 3 is 0.660 bits per heavy atom. The number of hydrogen-bond acceptors (Lipinski definition) is 15. The summed E-state index contributed by atoms with van der Waals surface area (Å²) in [7, 11) is -9.91. The topological polar surface area (TPSA) is 237 Å². The Kier molecular flexibility index (Phi) is 63.1. The fraction of sp³-hybridized carbons (Fsp3) is 0.947. The molecule has 0 heterocycles. The molecule has 0 aliphatic carbocycles. The van der Waals surface area contributed by atoms with Gasteiger partial charge in [0, 0.05) is 25.7 Å². The maximum atomic E-state index is 13.1. The van der Waals surface area contributed by atoms with Crippen molar-refractivity contribution in [1.82, 2.24) is 0 Å². The molecule has 94 heavy (non-hydrogen) atoms. The number of hydrogen-bond donors (Lipinski definition) is 3. The number of phosphoric acid groups is 2. The zero-order valence-electron chi connectivity index (χ0n) is 61.6. The molecular weight excluding hydrogens is 1230 g/mol. The van der Waals surface area contributed by atoms with Crippen molar-refractivity contribution in [3.05, 3.63) is 0 Å². The Hall–Kier alpha value is -1.94. The van der Waals surface area contributed by atoms with Crippen LogP contribution in [-0.4, -0.2) is 96.7 Å². The molecule has 0 aromatic rings. The second kappa shape index (κ2) is 64.4. The van der Waals surface area contributed by atoms with Crippen LogP contribution in [0, 0.1) is 23.7 Å². The summed E-state index contributed by atoms with van der Waals surface area (Å²) in [5.74, 6) is 0.875. The normalized spacial score (nSPS) is 14.2. The molecule has 0 radical (unpaired) electrons. The molecule has 3 N–H and O–H groups in total. The fourth-order valence-corrected chi connectivity index (χ4v) is 13.0. The van der Waals surface area contributed by atoms with E-state index in [1.807, 2.05) is 0 Å². The van der Waals surface area contributed by atoms with Crippen LogP contribution < -0.4 is 0 Å². The molecule has 0 fully saturated rings. The predicted octanol–water partition coefficient (Wildman–Crippen LogP) is 21.7. The lowest BCUT2D eigenvalue weighted by molar-refractivity contribution is -0.161. The molecule has 0 rings (SSSR count). The van der Waals surface area contributed by atoms with Crippen LogP contribution in [0.25, 0.3) is 0 Å². The number of aliphatic hydroxyl groups excluding tert-OH is 1. The monoisotopic (exact) mass is 1380 g/mol. The zero-order valence-corrected chi connectivity index (χ0v) is 63.4. The van der Waals surface area contributed by atoms with Crippen LogP contribution in [0.2, 0.25) is 0 Å². The summed E-state index contributed by atoms with van der Waals surface area (Å²) in [6.07, 6.45) is 48.8. The first kappa shape index (κ1) is 92.1. The molecule has 0 aliphatic heterocycles. The van der Waals surface area contributed by atoms with Crippen molar-refractivity contribution in [2.75, 3.05) is 39.6 Å². The van der Waals surface area contributed by atoms with Gasteiger partial charge in [-0.05, 0) is 49.4 Å². The van der Waals surface area contributed by atoms with Crippen molar-refractivity contribution >= 4 is 39.5 Å². The fourth-order valence-electron chi connectivity index (χ4n) is 11.4. The van der Waals surface area contributed by atoms with Crippen LogP contribution in [0.1, 0.15) is 376 Å². The van der Waals surface area contributed by atoms with Gasteiger partial charge in [0.2, 0.25) is 0 Å². The highest BCUT2D eigenvalue weighted by atomic mass is 31.2. The van der Waals surface area contributed by atoms with Gasteiger partial charge in [-0.25, -0.2) is 9.13 Å². The third-order valence-corrected chi connectivity index (χ3v) is 19.2. The van der Waals surface area contributed by atoms with E-state index in [9.17, 15) is 43.2 Å². The molecule has 3 unspecified atom stereocenters. The average Bonchev–Trinajstić information content (AvgIpc) is 1.26. The number of carbonyl (C=O) groups is 4. The number of phosphoric ester groups is 2. The van der Waals surface area contributed by atoms with Gasteiger partial charge in [0.05, 0.1) is 26.4 Å². The molecule has 0 aliphatic rings. The first-order valence-electron chi connectivity index (χ1n) is 38.7.